The molecular formula is C19H22N2OS. The third-order valence-electron chi connectivity index (χ3n) is 4.16. The van der Waals surface area contributed by atoms with Crippen LogP contribution in [0.3, 0.4) is 0 Å². The van der Waals surface area contributed by atoms with Crippen LogP contribution >= 0.6 is 11.8 Å². The molecule has 2 aliphatic heterocycles. The number of hydrogen-bond acceptors (Lipinski definition) is 4. The molecule has 1 aromatic rings. The zero-order valence-electron chi connectivity index (χ0n) is 13.4. The number of thioether (sulfide) groups is 1. The van der Waals surface area contributed by atoms with E-state index in [1.807, 2.05) is 12.1 Å². The van der Waals surface area contributed by atoms with E-state index in [0.717, 1.165) is 37.2 Å². The number of nitrogens with one attached hydrogen (secondary N) is 1. The lowest BCUT2D eigenvalue weighted by Gasteiger charge is -2.15. The largest absolute Gasteiger partial charge is 0.492 e. The Bertz CT molecular complexity index is 660. The molecule has 3 nitrogen and oxygen atoms in total. The van der Waals surface area contributed by atoms with E-state index < -0.39 is 0 Å². The second kappa shape index (κ2) is 7.72. The van der Waals surface area contributed by atoms with Gasteiger partial charge >= 0.3 is 0 Å². The minimum Gasteiger partial charge on any atom is -0.492 e. The van der Waals surface area contributed by atoms with Gasteiger partial charge in [-0.1, -0.05) is 37.3 Å². The van der Waals surface area contributed by atoms with Gasteiger partial charge in [0.15, 0.2) is 0 Å². The first kappa shape index (κ1) is 16.2. The molecule has 120 valence electrons. The van der Waals surface area contributed by atoms with Gasteiger partial charge in [-0.05, 0) is 31.0 Å². The van der Waals surface area contributed by atoms with Gasteiger partial charge in [0.2, 0.25) is 0 Å². The smallest absolute Gasteiger partial charge is 0.127 e. The van der Waals surface area contributed by atoms with E-state index in [1.54, 1.807) is 11.8 Å². The summed E-state index contributed by atoms with van der Waals surface area (Å²) in [4.78, 5) is 1.22. The topological polar surface area (TPSA) is 45.0 Å². The fourth-order valence-corrected chi connectivity index (χ4v) is 4.13. The number of benzene rings is 1. The lowest BCUT2D eigenvalue weighted by Crippen LogP contribution is -2.21. The Morgan fingerprint density at radius 3 is 3.00 bits per heavy atom. The van der Waals surface area contributed by atoms with Crippen LogP contribution in [-0.2, 0) is 0 Å². The molecule has 0 aliphatic carbocycles. The monoisotopic (exact) mass is 326 g/mol. The highest BCUT2D eigenvalue weighted by atomic mass is 32.2. The molecule has 1 N–H and O–H groups in total. The molecule has 0 fully saturated rings. The maximum absolute atomic E-state index is 9.31. The first-order valence-corrected chi connectivity index (χ1v) is 9.09. The van der Waals surface area contributed by atoms with Crippen LogP contribution in [0.2, 0.25) is 0 Å². The molecule has 0 spiro atoms. The number of ether oxygens (including phenoxy) is 1. The molecule has 2 aliphatic rings. The second-order valence-electron chi connectivity index (χ2n) is 5.91. The van der Waals surface area contributed by atoms with Gasteiger partial charge < -0.3 is 10.1 Å². The minimum absolute atomic E-state index is 0.0128. The van der Waals surface area contributed by atoms with Crippen LogP contribution < -0.4 is 10.1 Å². The van der Waals surface area contributed by atoms with Crippen molar-refractivity contribution in [2.24, 2.45) is 5.92 Å². The van der Waals surface area contributed by atoms with Crippen molar-refractivity contribution < 1.29 is 4.74 Å². The molecular weight excluding hydrogens is 304 g/mol. The van der Waals surface area contributed by atoms with Gasteiger partial charge in [0.25, 0.3) is 0 Å². The summed E-state index contributed by atoms with van der Waals surface area (Å²) in [6, 6.07) is 10.6. The zero-order valence-corrected chi connectivity index (χ0v) is 14.2. The van der Waals surface area contributed by atoms with Gasteiger partial charge in [-0.25, -0.2) is 0 Å². The average molecular weight is 326 g/mol. The SMILES string of the molecule is CC1C=C(/C2=C/CCCNCCOc3ccccc32)SC1C#N. The molecule has 0 saturated carbocycles. The van der Waals surface area contributed by atoms with Crippen molar-refractivity contribution in [1.82, 2.24) is 5.32 Å². The van der Waals surface area contributed by atoms with Crippen LogP contribution in [0.15, 0.2) is 41.3 Å². The Morgan fingerprint density at radius 2 is 2.17 bits per heavy atom. The highest BCUT2D eigenvalue weighted by Gasteiger charge is 2.27. The van der Waals surface area contributed by atoms with Crippen molar-refractivity contribution in [3.63, 3.8) is 0 Å². The Kier molecular flexibility index (Phi) is 5.43. The average Bonchev–Trinajstić information content (AvgIpc) is 2.92. The van der Waals surface area contributed by atoms with Crippen LogP contribution in [-0.4, -0.2) is 24.9 Å². The molecule has 0 saturated heterocycles. The van der Waals surface area contributed by atoms with Crippen molar-refractivity contribution in [3.8, 4) is 11.8 Å². The summed E-state index contributed by atoms with van der Waals surface area (Å²) in [5, 5.41) is 12.7. The number of fused-ring (bicyclic) bond motifs is 1. The summed E-state index contributed by atoms with van der Waals surface area (Å²) in [7, 11) is 0. The first-order valence-electron chi connectivity index (χ1n) is 8.21. The molecule has 1 aromatic carbocycles. The quantitative estimate of drug-likeness (QED) is 0.847. The number of nitrogens with zero attached hydrogens (tertiary/aromatic N) is 1. The van der Waals surface area contributed by atoms with Crippen LogP contribution in [0.1, 0.15) is 25.3 Å². The summed E-state index contributed by atoms with van der Waals surface area (Å²) in [5.41, 5.74) is 2.36. The van der Waals surface area contributed by atoms with Crippen molar-refractivity contribution in [2.75, 3.05) is 19.7 Å². The normalized spacial score (nSPS) is 27.5. The summed E-state index contributed by atoms with van der Waals surface area (Å²) >= 11 is 1.68. The third-order valence-corrected chi connectivity index (χ3v) is 5.56. The van der Waals surface area contributed by atoms with Crippen molar-refractivity contribution in [2.45, 2.75) is 25.0 Å². The summed E-state index contributed by atoms with van der Waals surface area (Å²) in [6.07, 6.45) is 6.68. The highest BCUT2D eigenvalue weighted by molar-refractivity contribution is 8.04. The van der Waals surface area contributed by atoms with Gasteiger partial charge in [-0.3, -0.25) is 0 Å². The van der Waals surface area contributed by atoms with Crippen LogP contribution in [0, 0.1) is 17.2 Å². The maximum atomic E-state index is 9.31. The van der Waals surface area contributed by atoms with E-state index in [1.165, 1.54) is 10.5 Å². The minimum atomic E-state index is 0.0128. The standard InChI is InChI=1S/C19H22N2OS/c1-14-12-18(23-19(14)13-20)16-7-4-5-9-21-10-11-22-17-8-3-2-6-15(16)17/h2-3,6-8,12,14,19,21H,4-5,9-11H2,1H3/b16-7+. The molecule has 0 aromatic heterocycles. The number of rotatable bonds is 1. The Labute approximate surface area is 142 Å². The van der Waals surface area contributed by atoms with Crippen LogP contribution in [0.4, 0.5) is 0 Å². The fraction of sp³-hybridized carbons (Fsp3) is 0.421. The first-order chi connectivity index (χ1) is 11.3. The van der Waals surface area contributed by atoms with E-state index in [-0.39, 0.29) is 11.2 Å². The second-order valence-corrected chi connectivity index (χ2v) is 7.10. The molecule has 4 heteroatoms. The maximum Gasteiger partial charge on any atom is 0.127 e. The highest BCUT2D eigenvalue weighted by Crippen LogP contribution is 2.45. The molecule has 2 unspecified atom stereocenters. The van der Waals surface area contributed by atoms with Gasteiger partial charge in [-0.2, -0.15) is 5.26 Å². The summed E-state index contributed by atoms with van der Waals surface area (Å²) in [6.45, 7) is 4.67. The van der Waals surface area contributed by atoms with Crippen LogP contribution in [0.25, 0.3) is 5.57 Å². The fourth-order valence-electron chi connectivity index (χ4n) is 2.90. The number of para-hydroxylation sites is 1. The third kappa shape index (κ3) is 3.80. The van der Waals surface area contributed by atoms with Gasteiger partial charge in [-0.15, -0.1) is 11.8 Å². The lowest BCUT2D eigenvalue weighted by molar-refractivity contribution is 0.313. The van der Waals surface area contributed by atoms with Crippen LogP contribution in [0.5, 0.6) is 5.75 Å². The molecule has 0 radical (unpaired) electrons. The number of allylic oxidation sites excluding steroid dienone is 3. The van der Waals surface area contributed by atoms with Gasteiger partial charge in [0.05, 0.1) is 6.07 Å². The molecule has 3 rings (SSSR count). The molecule has 0 bridgehead atoms. The van der Waals surface area contributed by atoms with Gasteiger partial charge in [0.1, 0.15) is 17.6 Å². The van der Waals surface area contributed by atoms with Gasteiger partial charge in [0, 0.05) is 22.9 Å². The van der Waals surface area contributed by atoms with Crippen molar-refractivity contribution in [3.05, 3.63) is 46.9 Å². The van der Waals surface area contributed by atoms with Crippen molar-refractivity contribution >= 4 is 17.3 Å². The predicted octanol–water partition coefficient (Wildman–Crippen LogP) is 3.99. The lowest BCUT2D eigenvalue weighted by atomic mass is 9.99. The predicted molar refractivity (Wildman–Crippen MR) is 96.3 cm³/mol. The molecule has 2 atom stereocenters. The zero-order chi connectivity index (χ0) is 16.1. The van der Waals surface area contributed by atoms with E-state index >= 15 is 0 Å². The summed E-state index contributed by atoms with van der Waals surface area (Å²) < 4.78 is 5.98. The molecule has 2 heterocycles. The molecule has 23 heavy (non-hydrogen) atoms. The number of hydrogen-bond donors (Lipinski definition) is 1. The van der Waals surface area contributed by atoms with E-state index in [9.17, 15) is 5.26 Å². The van der Waals surface area contributed by atoms with Crippen molar-refractivity contribution in [1.29, 1.82) is 5.26 Å². The number of nitriles is 1. The molecule has 0 amide bonds. The van der Waals surface area contributed by atoms with E-state index in [0.29, 0.717) is 6.61 Å². The Balaban J connectivity index is 1.97. The van der Waals surface area contributed by atoms with E-state index in [2.05, 4.69) is 42.6 Å². The van der Waals surface area contributed by atoms with E-state index in [4.69, 9.17) is 4.74 Å². The Hall–Kier alpha value is -1.70. The Morgan fingerprint density at radius 1 is 1.30 bits per heavy atom. The summed E-state index contributed by atoms with van der Waals surface area (Å²) in [5.74, 6) is 1.21.